The minimum absolute atomic E-state index is 0.0369. The van der Waals surface area contributed by atoms with Gasteiger partial charge in [-0.25, -0.2) is 0 Å². The van der Waals surface area contributed by atoms with Gasteiger partial charge in [-0.3, -0.25) is 29.0 Å². The van der Waals surface area contributed by atoms with Gasteiger partial charge in [-0.1, -0.05) is 54.7 Å². The zero-order valence-corrected chi connectivity index (χ0v) is 32.4. The molecule has 5 aromatic rings. The fourth-order valence-corrected chi connectivity index (χ4v) is 12.6. The smallest absolute Gasteiger partial charge is 0.297 e. The molecule has 0 unspecified atom stereocenters. The lowest BCUT2D eigenvalue weighted by Gasteiger charge is -2.37. The van der Waals surface area contributed by atoms with Gasteiger partial charge in [-0.05, 0) is 60.0 Å². The van der Waals surface area contributed by atoms with Crippen LogP contribution >= 0.6 is 0 Å². The first kappa shape index (κ1) is 37.7. The summed E-state index contributed by atoms with van der Waals surface area (Å²) in [6.45, 7) is 7.20. The number of pyridine rings is 1. The van der Waals surface area contributed by atoms with E-state index in [2.05, 4.69) is 35.5 Å². The number of hydrogen-bond donors (Lipinski definition) is 1. The van der Waals surface area contributed by atoms with Crippen LogP contribution in [0, 0.1) is 16.0 Å². The Morgan fingerprint density at radius 2 is 1.76 bits per heavy atom. The van der Waals surface area contributed by atoms with E-state index in [9.17, 15) is 20.0 Å². The van der Waals surface area contributed by atoms with E-state index >= 15 is 4.79 Å². The van der Waals surface area contributed by atoms with Crippen LogP contribution in [0.25, 0.3) is 5.69 Å². The maximum absolute atomic E-state index is 15.2. The fraction of sp³-hybridized carbons (Fsp3) is 0.350. The Morgan fingerprint density at radius 3 is 2.44 bits per heavy atom. The van der Waals surface area contributed by atoms with Gasteiger partial charge >= 0.3 is 0 Å². The van der Waals surface area contributed by atoms with Crippen molar-refractivity contribution in [3.8, 4) is 17.2 Å². The number of carbonyl (C=O) groups is 1. The summed E-state index contributed by atoms with van der Waals surface area (Å²) in [6, 6.07) is 23.3. The number of aliphatic hydroxyl groups is 1. The number of ether oxygens (including phenoxy) is 3. The highest BCUT2D eigenvalue weighted by atomic mass is 28.3. The molecule has 3 aromatic carbocycles. The lowest BCUT2D eigenvalue weighted by Crippen LogP contribution is -2.51. The number of aryl methyl sites for hydroxylation is 1. The van der Waals surface area contributed by atoms with Crippen LogP contribution < -0.4 is 25.1 Å². The van der Waals surface area contributed by atoms with Crippen molar-refractivity contribution < 1.29 is 29.0 Å². The zero-order valence-electron chi connectivity index (χ0n) is 31.4. The summed E-state index contributed by atoms with van der Waals surface area (Å²) >= 11 is 0. The van der Waals surface area contributed by atoms with Crippen LogP contribution in [0.1, 0.15) is 30.2 Å². The predicted octanol–water partition coefficient (Wildman–Crippen LogP) is 4.74. The fourth-order valence-electron chi connectivity index (χ4n) is 8.56. The van der Waals surface area contributed by atoms with E-state index in [4.69, 9.17) is 14.2 Å². The Kier molecular flexibility index (Phi) is 10.2. The van der Waals surface area contributed by atoms with E-state index in [0.29, 0.717) is 42.0 Å². The summed E-state index contributed by atoms with van der Waals surface area (Å²) in [5.74, 6) is 0.316. The molecule has 0 aliphatic carbocycles. The highest BCUT2D eigenvalue weighted by Gasteiger charge is 2.66. The quantitative estimate of drug-likeness (QED) is 0.101. The number of carbonyl (C=O) groups excluding carboxylic acids is 1. The number of anilines is 1. The number of benzene rings is 3. The average molecular weight is 765 g/mol. The monoisotopic (exact) mass is 764 g/mol. The van der Waals surface area contributed by atoms with Gasteiger partial charge in [0.05, 0.1) is 51.2 Å². The molecule has 1 spiro atoms. The van der Waals surface area contributed by atoms with Crippen LogP contribution in [0.2, 0.25) is 18.6 Å². The summed E-state index contributed by atoms with van der Waals surface area (Å²) in [4.78, 5) is 41.5. The molecule has 1 amide bonds. The first-order valence-electron chi connectivity index (χ1n) is 18.2. The molecule has 0 radical (unpaired) electrons. The number of non-ortho nitro benzene ring substituents is 1. The van der Waals surface area contributed by atoms with Crippen LogP contribution in [0.5, 0.6) is 11.5 Å². The minimum Gasteiger partial charge on any atom is -0.497 e. The van der Waals surface area contributed by atoms with Gasteiger partial charge in [0.15, 0.2) is 11.4 Å². The number of amides is 1. The van der Waals surface area contributed by atoms with Gasteiger partial charge < -0.3 is 24.2 Å². The third kappa shape index (κ3) is 6.61. The van der Waals surface area contributed by atoms with Crippen molar-refractivity contribution in [1.82, 2.24) is 19.6 Å². The summed E-state index contributed by atoms with van der Waals surface area (Å²) in [6.07, 6.45) is 3.95. The molecule has 55 heavy (non-hydrogen) atoms. The number of hydrogen-bond acceptors (Lipinski definition) is 10. The van der Waals surface area contributed by atoms with Crippen LogP contribution in [0.3, 0.4) is 0 Å². The van der Waals surface area contributed by atoms with Gasteiger partial charge in [-0.15, -0.1) is 5.10 Å². The molecule has 0 saturated carbocycles. The third-order valence-electron chi connectivity index (χ3n) is 11.3. The topological polar surface area (TPSA) is 164 Å². The number of rotatable bonds is 13. The second-order valence-corrected chi connectivity index (χ2v) is 19.3. The Morgan fingerprint density at radius 1 is 1.02 bits per heavy atom. The molecule has 7 rings (SSSR count). The Hall–Kier alpha value is -5.64. The van der Waals surface area contributed by atoms with E-state index in [1.54, 1.807) is 41.1 Å². The Labute approximate surface area is 319 Å². The van der Waals surface area contributed by atoms with Gasteiger partial charge in [-0.2, -0.15) is 0 Å². The van der Waals surface area contributed by atoms with Crippen molar-refractivity contribution in [2.45, 2.75) is 63.2 Å². The van der Waals surface area contributed by atoms with E-state index < -0.39 is 24.7 Å². The Balaban J connectivity index is 1.28. The zero-order chi connectivity index (χ0) is 39.1. The molecular formula is C40H44N6O8Si. The summed E-state index contributed by atoms with van der Waals surface area (Å²) in [5.41, 5.74) is 1.14. The molecule has 4 heterocycles. The number of nitro groups is 1. The number of methoxy groups -OCH3 is 2. The summed E-state index contributed by atoms with van der Waals surface area (Å²) < 4.78 is 21.0. The lowest BCUT2D eigenvalue weighted by atomic mass is 9.82. The molecule has 2 aliphatic heterocycles. The Bertz CT molecular complexity index is 2270. The van der Waals surface area contributed by atoms with Crippen molar-refractivity contribution in [2.24, 2.45) is 5.92 Å². The summed E-state index contributed by atoms with van der Waals surface area (Å²) in [7, 11) is 0.598. The van der Waals surface area contributed by atoms with Crippen molar-refractivity contribution in [3.63, 3.8) is 0 Å². The molecule has 1 N–H and O–H groups in total. The number of nitrogens with zero attached hydrogens (tertiary/aromatic N) is 6. The molecule has 15 heteroatoms. The third-order valence-corrected chi connectivity index (χ3v) is 15.7. The van der Waals surface area contributed by atoms with Crippen LogP contribution in [-0.2, 0) is 34.6 Å². The SMILES string of the molecule is COc1ccc([Si](C)(C)[C@@H]2[C@@H](CCn3cc(CCO)nn3)O[C@]3(C(=O)N(Cc4ccc(-n5cccc(OC)c5=O)cc4)c4ccc([N+](=O)[O-])cc43)[C@H]2C)cc1. The van der Waals surface area contributed by atoms with Crippen LogP contribution in [-0.4, -0.2) is 70.5 Å². The molecule has 0 bridgehead atoms. The highest BCUT2D eigenvalue weighted by Crippen LogP contribution is 2.60. The molecule has 14 nitrogen and oxygen atoms in total. The highest BCUT2D eigenvalue weighted by molar-refractivity contribution is 6.91. The van der Waals surface area contributed by atoms with Gasteiger partial charge in [0, 0.05) is 61.3 Å². The molecule has 286 valence electrons. The van der Waals surface area contributed by atoms with Gasteiger partial charge in [0.1, 0.15) is 5.75 Å². The predicted molar refractivity (Wildman–Crippen MR) is 208 cm³/mol. The second-order valence-electron chi connectivity index (χ2n) is 14.7. The normalized spacial score (nSPS) is 20.6. The summed E-state index contributed by atoms with van der Waals surface area (Å²) in [5, 5.41) is 31.2. The maximum Gasteiger partial charge on any atom is 0.297 e. The number of fused-ring (bicyclic) bond motifs is 2. The van der Waals surface area contributed by atoms with Gasteiger partial charge in [0.25, 0.3) is 17.2 Å². The van der Waals surface area contributed by atoms with E-state index in [1.807, 2.05) is 49.5 Å². The van der Waals surface area contributed by atoms with E-state index in [-0.39, 0.29) is 47.5 Å². The largest absolute Gasteiger partial charge is 0.497 e. The van der Waals surface area contributed by atoms with Crippen molar-refractivity contribution in [3.05, 3.63) is 129 Å². The van der Waals surface area contributed by atoms with E-state index in [1.165, 1.54) is 29.0 Å². The van der Waals surface area contributed by atoms with E-state index in [0.717, 1.165) is 11.3 Å². The van der Waals surface area contributed by atoms with Crippen molar-refractivity contribution >= 4 is 30.5 Å². The maximum atomic E-state index is 15.2. The van der Waals surface area contributed by atoms with Crippen molar-refractivity contribution in [1.29, 1.82) is 0 Å². The average Bonchev–Trinajstić information content (AvgIpc) is 3.84. The second kappa shape index (κ2) is 14.9. The standard InChI is InChI=1S/C40H44N6O8Si/c1-26-37(55(4,5)32-15-13-31(52-2)14-16-32)35(18-21-43-25-28(19-22-47)41-42-43)54-40(26)33-23-30(46(50)51)12-17-34(33)45(39(40)49)24-27-8-10-29(11-9-27)44-20-6-7-36(53-3)38(44)48/h6-17,20,23,25-26,35,37,47H,18-19,21-22,24H2,1-5H3/t26-,35+,37-,40+/m0/s1. The lowest BCUT2D eigenvalue weighted by molar-refractivity contribution is -0.385. The van der Waals surface area contributed by atoms with Crippen LogP contribution in [0.4, 0.5) is 11.4 Å². The number of nitro benzene ring substituents is 1. The number of aromatic nitrogens is 4. The van der Waals surface area contributed by atoms with Crippen molar-refractivity contribution in [2.75, 3.05) is 25.7 Å². The number of aliphatic hydroxyl groups excluding tert-OH is 1. The molecule has 1 saturated heterocycles. The van der Waals surface area contributed by atoms with Gasteiger partial charge in [0.2, 0.25) is 0 Å². The van der Waals surface area contributed by atoms with Crippen LogP contribution in [0.15, 0.2) is 96.1 Å². The first-order valence-corrected chi connectivity index (χ1v) is 21.3. The molecule has 4 atom stereocenters. The minimum atomic E-state index is -2.48. The molecule has 2 aromatic heterocycles. The molecule has 1 fully saturated rings. The molecule has 2 aliphatic rings. The molecular weight excluding hydrogens is 721 g/mol. The first-order chi connectivity index (χ1) is 26.4.